The van der Waals surface area contributed by atoms with Crippen molar-refractivity contribution in [1.29, 1.82) is 0 Å². The van der Waals surface area contributed by atoms with E-state index >= 15 is 0 Å². The summed E-state index contributed by atoms with van der Waals surface area (Å²) in [5.41, 5.74) is 4.87. The van der Waals surface area contributed by atoms with Crippen LogP contribution < -0.4 is 11.3 Å². The van der Waals surface area contributed by atoms with Crippen LogP contribution in [0.25, 0.3) is 0 Å². The standard InChI is InChI=1S/C8H10F3N3O2/c9-8(10,11)5-16-4-3-14-7(15)2-1-6(12)13-14/h1-2H,3-5H2,(H2,12,13). The first-order valence-electron chi connectivity index (χ1n) is 4.36. The Morgan fingerprint density at radius 3 is 2.75 bits per heavy atom. The van der Waals surface area contributed by atoms with Crippen molar-refractivity contribution in [1.82, 2.24) is 9.78 Å². The van der Waals surface area contributed by atoms with E-state index in [1.54, 1.807) is 0 Å². The number of hydrogen-bond acceptors (Lipinski definition) is 4. The maximum Gasteiger partial charge on any atom is 0.411 e. The summed E-state index contributed by atoms with van der Waals surface area (Å²) in [6, 6.07) is 2.50. The van der Waals surface area contributed by atoms with Gasteiger partial charge in [0.2, 0.25) is 0 Å². The highest BCUT2D eigenvalue weighted by atomic mass is 19.4. The maximum absolute atomic E-state index is 11.7. The molecule has 0 saturated heterocycles. The molecular weight excluding hydrogens is 227 g/mol. The highest BCUT2D eigenvalue weighted by Crippen LogP contribution is 2.14. The Morgan fingerprint density at radius 1 is 1.44 bits per heavy atom. The number of anilines is 1. The molecule has 1 aromatic rings. The molecular formula is C8H10F3N3O2. The number of ether oxygens (including phenoxy) is 1. The van der Waals surface area contributed by atoms with E-state index < -0.39 is 18.3 Å². The van der Waals surface area contributed by atoms with Crippen LogP contribution in [0.5, 0.6) is 0 Å². The predicted molar refractivity (Wildman–Crippen MR) is 49.8 cm³/mol. The molecule has 0 atom stereocenters. The van der Waals surface area contributed by atoms with E-state index in [0.29, 0.717) is 0 Å². The zero-order valence-corrected chi connectivity index (χ0v) is 8.20. The van der Waals surface area contributed by atoms with E-state index in [0.717, 1.165) is 4.68 Å². The maximum atomic E-state index is 11.7. The van der Waals surface area contributed by atoms with Gasteiger partial charge in [-0.15, -0.1) is 0 Å². The van der Waals surface area contributed by atoms with Crippen molar-refractivity contribution in [3.63, 3.8) is 0 Å². The number of aromatic nitrogens is 2. The van der Waals surface area contributed by atoms with Gasteiger partial charge in [0.25, 0.3) is 5.56 Å². The van der Waals surface area contributed by atoms with Crippen LogP contribution in [0.4, 0.5) is 19.0 Å². The highest BCUT2D eigenvalue weighted by Gasteiger charge is 2.27. The third-order valence-corrected chi connectivity index (χ3v) is 1.60. The van der Waals surface area contributed by atoms with Crippen molar-refractivity contribution < 1.29 is 17.9 Å². The largest absolute Gasteiger partial charge is 0.411 e. The molecule has 0 spiro atoms. The van der Waals surface area contributed by atoms with Crippen LogP contribution in [0.2, 0.25) is 0 Å². The van der Waals surface area contributed by atoms with E-state index in [2.05, 4.69) is 9.84 Å². The summed E-state index contributed by atoms with van der Waals surface area (Å²) in [5, 5.41) is 3.63. The zero-order chi connectivity index (χ0) is 12.2. The second kappa shape index (κ2) is 4.97. The molecule has 0 aliphatic rings. The molecule has 0 unspecified atom stereocenters. The average Bonchev–Trinajstić information content (AvgIpc) is 2.16. The summed E-state index contributed by atoms with van der Waals surface area (Å²) < 4.78 is 40.4. The Morgan fingerprint density at radius 2 is 2.12 bits per heavy atom. The van der Waals surface area contributed by atoms with Gasteiger partial charge >= 0.3 is 6.18 Å². The SMILES string of the molecule is Nc1ccc(=O)n(CCOCC(F)(F)F)n1. The molecule has 0 fully saturated rings. The fraction of sp³-hybridized carbons (Fsp3) is 0.500. The van der Waals surface area contributed by atoms with Crippen LogP contribution in [0.15, 0.2) is 16.9 Å². The minimum absolute atomic E-state index is 0.0695. The lowest BCUT2D eigenvalue weighted by atomic mass is 10.5. The van der Waals surface area contributed by atoms with Crippen molar-refractivity contribution in [3.05, 3.63) is 22.5 Å². The molecule has 0 aliphatic carbocycles. The number of hydrogen-bond donors (Lipinski definition) is 1. The van der Waals surface area contributed by atoms with Crippen LogP contribution in [-0.4, -0.2) is 29.2 Å². The monoisotopic (exact) mass is 237 g/mol. The van der Waals surface area contributed by atoms with Crippen molar-refractivity contribution in [2.75, 3.05) is 18.9 Å². The fourth-order valence-electron chi connectivity index (χ4n) is 0.964. The Bertz CT molecular complexity index is 402. The van der Waals surface area contributed by atoms with Crippen LogP contribution in [0.3, 0.4) is 0 Å². The van der Waals surface area contributed by atoms with Gasteiger partial charge in [-0.25, -0.2) is 4.68 Å². The molecule has 1 aromatic heterocycles. The topological polar surface area (TPSA) is 70.1 Å². The second-order valence-electron chi connectivity index (χ2n) is 2.99. The molecule has 1 heterocycles. The van der Waals surface area contributed by atoms with Crippen LogP contribution in [0, 0.1) is 0 Å². The second-order valence-corrected chi connectivity index (χ2v) is 2.99. The van der Waals surface area contributed by atoms with Gasteiger partial charge < -0.3 is 10.5 Å². The number of nitrogens with two attached hydrogens (primary N) is 1. The first kappa shape index (κ1) is 12.5. The lowest BCUT2D eigenvalue weighted by Crippen LogP contribution is -2.26. The number of halogens is 3. The van der Waals surface area contributed by atoms with Gasteiger partial charge in [0, 0.05) is 6.07 Å². The summed E-state index contributed by atoms with van der Waals surface area (Å²) in [7, 11) is 0. The lowest BCUT2D eigenvalue weighted by molar-refractivity contribution is -0.174. The minimum Gasteiger partial charge on any atom is -0.382 e. The van der Waals surface area contributed by atoms with Crippen molar-refractivity contribution in [2.45, 2.75) is 12.7 Å². The molecule has 0 saturated carbocycles. The van der Waals surface area contributed by atoms with Gasteiger partial charge in [-0.05, 0) is 6.07 Å². The zero-order valence-electron chi connectivity index (χ0n) is 8.20. The van der Waals surface area contributed by atoms with Gasteiger partial charge in [0.15, 0.2) is 0 Å². The van der Waals surface area contributed by atoms with Gasteiger partial charge in [-0.3, -0.25) is 4.79 Å². The van der Waals surface area contributed by atoms with Crippen LogP contribution in [0.1, 0.15) is 0 Å². The molecule has 1 rings (SSSR count). The lowest BCUT2D eigenvalue weighted by Gasteiger charge is -2.08. The molecule has 0 aliphatic heterocycles. The Kier molecular flexibility index (Phi) is 3.88. The van der Waals surface area contributed by atoms with E-state index in [-0.39, 0.29) is 19.0 Å². The van der Waals surface area contributed by atoms with E-state index in [1.807, 2.05) is 0 Å². The molecule has 90 valence electrons. The molecule has 2 N–H and O–H groups in total. The van der Waals surface area contributed by atoms with E-state index in [1.165, 1.54) is 12.1 Å². The van der Waals surface area contributed by atoms with Gasteiger partial charge in [0.1, 0.15) is 12.4 Å². The fourth-order valence-corrected chi connectivity index (χ4v) is 0.964. The Labute approximate surface area is 88.6 Å². The third-order valence-electron chi connectivity index (χ3n) is 1.60. The molecule has 16 heavy (non-hydrogen) atoms. The Hall–Kier alpha value is -1.57. The quantitative estimate of drug-likeness (QED) is 0.770. The summed E-state index contributed by atoms with van der Waals surface area (Å²) in [6.07, 6.45) is -4.37. The number of nitrogens with zero attached hydrogens (tertiary/aromatic N) is 2. The van der Waals surface area contributed by atoms with E-state index in [4.69, 9.17) is 5.73 Å². The van der Waals surface area contributed by atoms with E-state index in [9.17, 15) is 18.0 Å². The highest BCUT2D eigenvalue weighted by molar-refractivity contribution is 5.23. The average molecular weight is 237 g/mol. The smallest absolute Gasteiger partial charge is 0.382 e. The van der Waals surface area contributed by atoms with Gasteiger partial charge in [-0.1, -0.05) is 0 Å². The molecule has 0 amide bonds. The number of nitrogen functional groups attached to an aromatic ring is 1. The van der Waals surface area contributed by atoms with Gasteiger partial charge in [0.05, 0.1) is 13.2 Å². The summed E-state index contributed by atoms with van der Waals surface area (Å²) in [5.74, 6) is 0.121. The van der Waals surface area contributed by atoms with Gasteiger partial charge in [-0.2, -0.15) is 18.3 Å². The van der Waals surface area contributed by atoms with Crippen molar-refractivity contribution in [2.24, 2.45) is 0 Å². The van der Waals surface area contributed by atoms with Crippen LogP contribution >= 0.6 is 0 Å². The molecule has 5 nitrogen and oxygen atoms in total. The third kappa shape index (κ3) is 4.30. The molecule has 0 bridgehead atoms. The summed E-state index contributed by atoms with van der Waals surface area (Å²) in [6.45, 7) is -1.67. The molecule has 8 heteroatoms. The molecule has 0 aromatic carbocycles. The summed E-state index contributed by atoms with van der Waals surface area (Å²) in [4.78, 5) is 11.1. The first-order valence-corrected chi connectivity index (χ1v) is 4.36. The van der Waals surface area contributed by atoms with Crippen molar-refractivity contribution >= 4 is 5.82 Å². The van der Waals surface area contributed by atoms with Crippen LogP contribution in [-0.2, 0) is 11.3 Å². The first-order chi connectivity index (χ1) is 7.38. The summed E-state index contributed by atoms with van der Waals surface area (Å²) >= 11 is 0. The predicted octanol–water partition coefficient (Wildman–Crippen LogP) is 0.404. The Balaban J connectivity index is 2.43. The normalized spacial score (nSPS) is 11.7. The number of rotatable bonds is 4. The number of alkyl halides is 3. The minimum atomic E-state index is -4.37. The van der Waals surface area contributed by atoms with Crippen molar-refractivity contribution in [3.8, 4) is 0 Å². The molecule has 0 radical (unpaired) electrons.